The number of nitrogens with one attached hydrogen (secondary N) is 1. The fourth-order valence-electron chi connectivity index (χ4n) is 3.10. The van der Waals surface area contributed by atoms with E-state index in [1.54, 1.807) is 4.90 Å². The van der Waals surface area contributed by atoms with Crippen LogP contribution in [0.4, 0.5) is 5.69 Å². The first kappa shape index (κ1) is 18.0. The molecule has 1 aliphatic rings. The summed E-state index contributed by atoms with van der Waals surface area (Å²) in [6.07, 6.45) is 1.07. The van der Waals surface area contributed by atoms with Crippen LogP contribution < -0.4 is 15.0 Å². The summed E-state index contributed by atoms with van der Waals surface area (Å²) in [5, 5.41) is 3.07. The van der Waals surface area contributed by atoms with Crippen molar-refractivity contribution in [2.24, 2.45) is 0 Å². The van der Waals surface area contributed by atoms with Crippen molar-refractivity contribution in [1.82, 2.24) is 5.32 Å². The summed E-state index contributed by atoms with van der Waals surface area (Å²) < 4.78 is 5.43. The summed E-state index contributed by atoms with van der Waals surface area (Å²) in [6.45, 7) is 4.45. The molecule has 0 aliphatic carbocycles. The van der Waals surface area contributed by atoms with Crippen molar-refractivity contribution in [2.45, 2.75) is 32.7 Å². The first-order chi connectivity index (χ1) is 12.6. The number of aryl methyl sites for hydroxylation is 1. The molecule has 0 saturated heterocycles. The number of fused-ring (bicyclic) bond motifs is 1. The second-order valence-corrected chi connectivity index (χ2v) is 6.49. The van der Waals surface area contributed by atoms with Gasteiger partial charge in [-0.1, -0.05) is 48.9 Å². The van der Waals surface area contributed by atoms with E-state index in [9.17, 15) is 9.59 Å². The smallest absolute Gasteiger partial charge is 0.265 e. The van der Waals surface area contributed by atoms with Gasteiger partial charge in [0.15, 0.2) is 6.61 Å². The Bertz CT molecular complexity index is 786. The highest BCUT2D eigenvalue weighted by molar-refractivity contribution is 5.98. The second-order valence-electron chi connectivity index (χ2n) is 6.49. The molecule has 0 fully saturated rings. The van der Waals surface area contributed by atoms with Crippen molar-refractivity contribution in [3.8, 4) is 5.75 Å². The first-order valence-corrected chi connectivity index (χ1v) is 8.96. The highest BCUT2D eigenvalue weighted by Crippen LogP contribution is 2.31. The lowest BCUT2D eigenvalue weighted by Crippen LogP contribution is -2.41. The predicted octanol–water partition coefficient (Wildman–Crippen LogP) is 3.38. The summed E-state index contributed by atoms with van der Waals surface area (Å²) in [4.78, 5) is 26.2. The topological polar surface area (TPSA) is 58.6 Å². The Balaban J connectivity index is 1.61. The molecule has 3 rings (SSSR count). The van der Waals surface area contributed by atoms with E-state index in [1.807, 2.05) is 62.4 Å². The number of benzene rings is 2. The Labute approximate surface area is 154 Å². The van der Waals surface area contributed by atoms with Crippen LogP contribution in [0, 0.1) is 6.92 Å². The number of nitrogens with zero attached hydrogens (tertiary/aromatic N) is 1. The summed E-state index contributed by atoms with van der Waals surface area (Å²) in [5.74, 6) is 0.495. The molecule has 0 bridgehead atoms. The van der Waals surface area contributed by atoms with Gasteiger partial charge in [-0.25, -0.2) is 0 Å². The summed E-state index contributed by atoms with van der Waals surface area (Å²) in [7, 11) is 0. The highest BCUT2D eigenvalue weighted by Gasteiger charge is 2.25. The van der Waals surface area contributed by atoms with E-state index in [0.717, 1.165) is 17.7 Å². The van der Waals surface area contributed by atoms with E-state index in [4.69, 9.17) is 4.74 Å². The number of rotatable bonds is 6. The van der Waals surface area contributed by atoms with Crippen LogP contribution >= 0.6 is 0 Å². The Hall–Kier alpha value is -2.82. The minimum absolute atomic E-state index is 0.0135. The van der Waals surface area contributed by atoms with Gasteiger partial charge in [0.1, 0.15) is 5.75 Å². The monoisotopic (exact) mass is 352 g/mol. The summed E-state index contributed by atoms with van der Waals surface area (Å²) in [6, 6.07) is 15.6. The standard InChI is InChI=1S/C21H24N2O3/c1-3-17(16-10-8-15(2)9-11-16)22-20(24)12-13-23-18-6-4-5-7-19(18)26-14-21(23)25/h4-11,17H,3,12-14H2,1-2H3,(H,22,24). The van der Waals surface area contributed by atoms with Crippen LogP contribution in [0.3, 0.4) is 0 Å². The van der Waals surface area contributed by atoms with Gasteiger partial charge in [-0.15, -0.1) is 0 Å². The first-order valence-electron chi connectivity index (χ1n) is 8.96. The number of amides is 2. The summed E-state index contributed by atoms with van der Waals surface area (Å²) in [5.41, 5.74) is 3.01. The third kappa shape index (κ3) is 4.04. The van der Waals surface area contributed by atoms with E-state index < -0.39 is 0 Å². The van der Waals surface area contributed by atoms with Gasteiger partial charge in [0.2, 0.25) is 5.91 Å². The number of hydrogen-bond donors (Lipinski definition) is 1. The largest absolute Gasteiger partial charge is 0.482 e. The molecule has 0 aromatic heterocycles. The Morgan fingerprint density at radius 1 is 1.19 bits per heavy atom. The lowest BCUT2D eigenvalue weighted by atomic mass is 10.0. The van der Waals surface area contributed by atoms with Crippen LogP contribution in [0.5, 0.6) is 5.75 Å². The third-order valence-corrected chi connectivity index (χ3v) is 4.59. The SMILES string of the molecule is CCC(NC(=O)CCN1C(=O)COc2ccccc21)c1ccc(C)cc1. The fraction of sp³-hybridized carbons (Fsp3) is 0.333. The molecule has 2 amide bonds. The minimum atomic E-state index is -0.123. The maximum absolute atomic E-state index is 12.4. The molecule has 2 aromatic carbocycles. The number of hydrogen-bond acceptors (Lipinski definition) is 3. The molecule has 1 atom stereocenters. The lowest BCUT2D eigenvalue weighted by Gasteiger charge is -2.29. The van der Waals surface area contributed by atoms with E-state index in [1.165, 1.54) is 5.56 Å². The molecule has 1 aliphatic heterocycles. The number of para-hydroxylation sites is 2. The number of carbonyl (C=O) groups is 2. The van der Waals surface area contributed by atoms with Crippen molar-refractivity contribution in [1.29, 1.82) is 0 Å². The molecule has 5 nitrogen and oxygen atoms in total. The normalized spacial score (nSPS) is 14.4. The van der Waals surface area contributed by atoms with Crippen LogP contribution in [0.25, 0.3) is 0 Å². The molecule has 1 heterocycles. The molecule has 26 heavy (non-hydrogen) atoms. The van der Waals surface area contributed by atoms with Crippen molar-refractivity contribution in [2.75, 3.05) is 18.1 Å². The van der Waals surface area contributed by atoms with Crippen LogP contribution in [-0.2, 0) is 9.59 Å². The zero-order chi connectivity index (χ0) is 18.5. The van der Waals surface area contributed by atoms with Crippen LogP contribution in [0.1, 0.15) is 36.9 Å². The van der Waals surface area contributed by atoms with E-state index in [2.05, 4.69) is 5.32 Å². The maximum atomic E-state index is 12.4. The Morgan fingerprint density at radius 3 is 2.65 bits per heavy atom. The van der Waals surface area contributed by atoms with Gasteiger partial charge < -0.3 is 15.0 Å². The van der Waals surface area contributed by atoms with Crippen LogP contribution in [0.2, 0.25) is 0 Å². The van der Waals surface area contributed by atoms with Crippen molar-refractivity contribution in [3.05, 3.63) is 59.7 Å². The molecule has 5 heteroatoms. The zero-order valence-electron chi connectivity index (χ0n) is 15.2. The maximum Gasteiger partial charge on any atom is 0.265 e. The van der Waals surface area contributed by atoms with Gasteiger partial charge in [-0.3, -0.25) is 9.59 Å². The minimum Gasteiger partial charge on any atom is -0.482 e. The van der Waals surface area contributed by atoms with Crippen molar-refractivity contribution in [3.63, 3.8) is 0 Å². The van der Waals surface area contributed by atoms with Crippen LogP contribution in [-0.4, -0.2) is 25.0 Å². The fourth-order valence-corrected chi connectivity index (χ4v) is 3.10. The molecule has 0 spiro atoms. The Kier molecular flexibility index (Phi) is 5.56. The average Bonchev–Trinajstić information content (AvgIpc) is 2.66. The van der Waals surface area contributed by atoms with Crippen molar-refractivity contribution < 1.29 is 14.3 Å². The molecule has 136 valence electrons. The number of anilines is 1. The molecule has 0 saturated carbocycles. The molecular formula is C21H24N2O3. The molecule has 0 radical (unpaired) electrons. The molecule has 1 N–H and O–H groups in total. The van der Waals surface area contributed by atoms with E-state index >= 15 is 0 Å². The van der Waals surface area contributed by atoms with Crippen molar-refractivity contribution >= 4 is 17.5 Å². The highest BCUT2D eigenvalue weighted by atomic mass is 16.5. The van der Waals surface area contributed by atoms with Gasteiger partial charge >= 0.3 is 0 Å². The van der Waals surface area contributed by atoms with Gasteiger partial charge in [0.25, 0.3) is 5.91 Å². The summed E-state index contributed by atoms with van der Waals surface area (Å²) >= 11 is 0. The number of carbonyl (C=O) groups excluding carboxylic acids is 2. The molecule has 2 aromatic rings. The average molecular weight is 352 g/mol. The second kappa shape index (κ2) is 8.04. The van der Waals surface area contributed by atoms with Gasteiger partial charge in [0.05, 0.1) is 11.7 Å². The van der Waals surface area contributed by atoms with Crippen LogP contribution in [0.15, 0.2) is 48.5 Å². The van der Waals surface area contributed by atoms with Gasteiger partial charge in [-0.2, -0.15) is 0 Å². The molecular weight excluding hydrogens is 328 g/mol. The van der Waals surface area contributed by atoms with Gasteiger partial charge in [0, 0.05) is 13.0 Å². The van der Waals surface area contributed by atoms with Gasteiger partial charge in [-0.05, 0) is 31.0 Å². The third-order valence-electron chi connectivity index (χ3n) is 4.59. The zero-order valence-corrected chi connectivity index (χ0v) is 15.2. The van der Waals surface area contributed by atoms with E-state index in [0.29, 0.717) is 12.3 Å². The Morgan fingerprint density at radius 2 is 1.92 bits per heavy atom. The predicted molar refractivity (Wildman–Crippen MR) is 101 cm³/mol. The quantitative estimate of drug-likeness (QED) is 0.867. The molecule has 1 unspecified atom stereocenters. The lowest BCUT2D eigenvalue weighted by molar-refractivity contribution is -0.122. The van der Waals surface area contributed by atoms with E-state index in [-0.39, 0.29) is 30.9 Å². The number of ether oxygens (including phenoxy) is 1.